The summed E-state index contributed by atoms with van der Waals surface area (Å²) in [5.41, 5.74) is 1.10. The molecule has 0 atom stereocenters. The molecule has 0 N–H and O–H groups in total. The Hall–Kier alpha value is -2.08. The molecule has 0 aliphatic heterocycles. The Morgan fingerprint density at radius 3 is 2.70 bits per heavy atom. The minimum Gasteiger partial charge on any atom is -0.319 e. The van der Waals surface area contributed by atoms with Gasteiger partial charge in [-0.1, -0.05) is 53.3 Å². The van der Waals surface area contributed by atoms with Crippen LogP contribution in [0.4, 0.5) is 0 Å². The highest BCUT2D eigenvalue weighted by Gasteiger charge is 2.08. The van der Waals surface area contributed by atoms with E-state index in [0.717, 1.165) is 24.9 Å². The molecule has 0 saturated heterocycles. The van der Waals surface area contributed by atoms with Crippen molar-refractivity contribution in [2.75, 3.05) is 5.75 Å². The first kappa shape index (κ1) is 18.3. The zero-order valence-corrected chi connectivity index (χ0v) is 17.1. The summed E-state index contributed by atoms with van der Waals surface area (Å²) in [6.45, 7) is 0. The van der Waals surface area contributed by atoms with Crippen molar-refractivity contribution in [2.24, 2.45) is 12.0 Å². The molecule has 6 heteroatoms. The Labute approximate surface area is 170 Å². The van der Waals surface area contributed by atoms with Crippen LogP contribution >= 0.6 is 34.7 Å². The van der Waals surface area contributed by atoms with Crippen molar-refractivity contribution in [3.05, 3.63) is 70.5 Å². The van der Waals surface area contributed by atoms with Crippen molar-refractivity contribution in [3.8, 4) is 0 Å². The minimum atomic E-state index is -0.0945. The smallest absolute Gasteiger partial charge is 0.249 e. The number of thiazole rings is 1. The molecule has 4 aromatic rings. The maximum absolute atomic E-state index is 12.3. The van der Waals surface area contributed by atoms with E-state index in [0.29, 0.717) is 12.2 Å². The molecule has 3 aromatic carbocycles. The van der Waals surface area contributed by atoms with Crippen molar-refractivity contribution >= 4 is 61.6 Å². The van der Waals surface area contributed by atoms with Crippen molar-refractivity contribution in [3.63, 3.8) is 0 Å². The second-order valence-corrected chi connectivity index (χ2v) is 8.72. The maximum Gasteiger partial charge on any atom is 0.249 e. The number of halogens is 1. The number of fused-ring (bicyclic) bond motifs is 3. The minimum absolute atomic E-state index is 0.0945. The summed E-state index contributed by atoms with van der Waals surface area (Å²) >= 11 is 9.09. The van der Waals surface area contributed by atoms with Crippen LogP contribution in [0.25, 0.3) is 21.0 Å². The normalized spacial score (nSPS) is 12.1. The summed E-state index contributed by atoms with van der Waals surface area (Å²) < 4.78 is 3.16. The third-order valence-corrected chi connectivity index (χ3v) is 6.77. The fourth-order valence-electron chi connectivity index (χ4n) is 2.91. The highest BCUT2D eigenvalue weighted by molar-refractivity contribution is 7.99. The van der Waals surface area contributed by atoms with Crippen molar-refractivity contribution in [1.82, 2.24) is 4.57 Å². The standard InChI is InChI=1S/C21H17ClN2OS2/c1-24-18-11-6-14-4-2-3-5-17(14)20(18)27-21(24)23-19(25)12-13-26-16-9-7-15(22)8-10-16/h2-11H,12-13H2,1H3. The Balaban J connectivity index is 1.55. The molecule has 136 valence electrons. The van der Waals surface area contributed by atoms with Crippen molar-refractivity contribution in [1.29, 1.82) is 0 Å². The van der Waals surface area contributed by atoms with Gasteiger partial charge in [0.2, 0.25) is 5.91 Å². The largest absolute Gasteiger partial charge is 0.319 e. The van der Waals surface area contributed by atoms with Crippen LogP contribution in [0, 0.1) is 0 Å². The van der Waals surface area contributed by atoms with E-state index in [1.54, 1.807) is 23.1 Å². The number of carbonyl (C=O) groups is 1. The number of aromatic nitrogens is 1. The molecule has 0 spiro atoms. The predicted octanol–water partition coefficient (Wildman–Crippen LogP) is 5.66. The van der Waals surface area contributed by atoms with Crippen LogP contribution in [0.15, 0.2) is 70.6 Å². The predicted molar refractivity (Wildman–Crippen MR) is 116 cm³/mol. The average molecular weight is 413 g/mol. The lowest BCUT2D eigenvalue weighted by atomic mass is 10.1. The number of nitrogens with zero attached hydrogens (tertiary/aromatic N) is 2. The van der Waals surface area contributed by atoms with Gasteiger partial charge in [-0.2, -0.15) is 4.99 Å². The summed E-state index contributed by atoms with van der Waals surface area (Å²) in [5.74, 6) is 0.601. The molecule has 0 aliphatic carbocycles. The van der Waals surface area contributed by atoms with Gasteiger partial charge < -0.3 is 4.57 Å². The van der Waals surface area contributed by atoms with Gasteiger partial charge in [0.1, 0.15) is 0 Å². The molecule has 1 amide bonds. The van der Waals surface area contributed by atoms with E-state index in [1.807, 2.05) is 48.0 Å². The lowest BCUT2D eigenvalue weighted by Gasteiger charge is -2.00. The molecule has 0 fully saturated rings. The molecule has 0 radical (unpaired) electrons. The van der Waals surface area contributed by atoms with Gasteiger partial charge in [-0.3, -0.25) is 4.79 Å². The van der Waals surface area contributed by atoms with Crippen LogP contribution in [0.2, 0.25) is 5.02 Å². The Kier molecular flexibility index (Phi) is 5.34. The first-order chi connectivity index (χ1) is 13.1. The van der Waals surface area contributed by atoms with E-state index in [-0.39, 0.29) is 5.91 Å². The van der Waals surface area contributed by atoms with Crippen LogP contribution < -0.4 is 4.80 Å². The Bertz CT molecular complexity index is 1190. The molecule has 1 aromatic heterocycles. The Morgan fingerprint density at radius 1 is 1.11 bits per heavy atom. The lowest BCUT2D eigenvalue weighted by molar-refractivity contribution is -0.117. The van der Waals surface area contributed by atoms with E-state index >= 15 is 0 Å². The average Bonchev–Trinajstić information content (AvgIpc) is 2.99. The number of carbonyl (C=O) groups excluding carboxylic acids is 1. The summed E-state index contributed by atoms with van der Waals surface area (Å²) in [7, 11) is 1.96. The van der Waals surface area contributed by atoms with Gasteiger partial charge in [0.05, 0.1) is 10.2 Å². The van der Waals surface area contributed by atoms with Crippen molar-refractivity contribution < 1.29 is 4.79 Å². The van der Waals surface area contributed by atoms with Gasteiger partial charge in [0, 0.05) is 34.5 Å². The van der Waals surface area contributed by atoms with Gasteiger partial charge in [-0.15, -0.1) is 11.8 Å². The number of benzene rings is 3. The zero-order valence-electron chi connectivity index (χ0n) is 14.7. The lowest BCUT2D eigenvalue weighted by Crippen LogP contribution is -2.13. The van der Waals surface area contributed by atoms with Gasteiger partial charge in [-0.25, -0.2) is 0 Å². The molecule has 1 heterocycles. The molecular formula is C21H17ClN2OS2. The number of amides is 1. The van der Waals surface area contributed by atoms with Gasteiger partial charge in [-0.05, 0) is 35.7 Å². The molecular weight excluding hydrogens is 396 g/mol. The van der Waals surface area contributed by atoms with Gasteiger partial charge in [0.15, 0.2) is 4.80 Å². The maximum atomic E-state index is 12.3. The number of thioether (sulfide) groups is 1. The fraction of sp³-hybridized carbons (Fsp3) is 0.143. The van der Waals surface area contributed by atoms with E-state index < -0.39 is 0 Å². The second-order valence-electron chi connectivity index (χ2n) is 6.14. The molecule has 0 bridgehead atoms. The topological polar surface area (TPSA) is 34.4 Å². The van der Waals surface area contributed by atoms with E-state index in [1.165, 1.54) is 10.8 Å². The number of aryl methyl sites for hydroxylation is 1. The van der Waals surface area contributed by atoms with E-state index in [9.17, 15) is 4.79 Å². The van der Waals surface area contributed by atoms with Gasteiger partial charge in [0.25, 0.3) is 0 Å². The highest BCUT2D eigenvalue weighted by atomic mass is 35.5. The second kappa shape index (κ2) is 7.89. The first-order valence-corrected chi connectivity index (χ1v) is 10.7. The monoisotopic (exact) mass is 412 g/mol. The molecule has 0 saturated carbocycles. The van der Waals surface area contributed by atoms with E-state index in [4.69, 9.17) is 11.6 Å². The molecule has 3 nitrogen and oxygen atoms in total. The summed E-state index contributed by atoms with van der Waals surface area (Å²) in [5, 5.41) is 3.11. The molecule has 27 heavy (non-hydrogen) atoms. The van der Waals surface area contributed by atoms with Crippen LogP contribution in [-0.2, 0) is 11.8 Å². The summed E-state index contributed by atoms with van der Waals surface area (Å²) in [6.07, 6.45) is 0.405. The number of rotatable bonds is 4. The molecule has 0 unspecified atom stereocenters. The summed E-state index contributed by atoms with van der Waals surface area (Å²) in [6, 6.07) is 20.1. The quantitative estimate of drug-likeness (QED) is 0.405. The Morgan fingerprint density at radius 2 is 1.89 bits per heavy atom. The fourth-order valence-corrected chi connectivity index (χ4v) is 5.05. The zero-order chi connectivity index (χ0) is 18.8. The highest BCUT2D eigenvalue weighted by Crippen LogP contribution is 2.27. The number of hydrogen-bond acceptors (Lipinski definition) is 3. The van der Waals surface area contributed by atoms with E-state index in [2.05, 4.69) is 29.3 Å². The molecule has 4 rings (SSSR count). The molecule has 0 aliphatic rings. The third kappa shape index (κ3) is 3.95. The third-order valence-electron chi connectivity index (χ3n) is 4.32. The van der Waals surface area contributed by atoms with Crippen LogP contribution in [0.5, 0.6) is 0 Å². The number of hydrogen-bond donors (Lipinski definition) is 0. The first-order valence-electron chi connectivity index (χ1n) is 8.55. The van der Waals surface area contributed by atoms with Crippen LogP contribution in [0.3, 0.4) is 0 Å². The summed E-state index contributed by atoms with van der Waals surface area (Å²) in [4.78, 5) is 18.5. The SMILES string of the molecule is Cn1c(=NC(=O)CCSc2ccc(Cl)cc2)sc2c3ccccc3ccc21. The van der Waals surface area contributed by atoms with Crippen LogP contribution in [0.1, 0.15) is 6.42 Å². The van der Waals surface area contributed by atoms with Gasteiger partial charge >= 0.3 is 0 Å². The van der Waals surface area contributed by atoms with Crippen molar-refractivity contribution in [2.45, 2.75) is 11.3 Å². The van der Waals surface area contributed by atoms with Crippen LogP contribution in [-0.4, -0.2) is 16.2 Å².